The van der Waals surface area contributed by atoms with Gasteiger partial charge in [-0.25, -0.2) is 0 Å². The van der Waals surface area contributed by atoms with E-state index in [0.29, 0.717) is 13.0 Å². The van der Waals surface area contributed by atoms with Gasteiger partial charge in [-0.05, 0) is 43.5 Å². The highest BCUT2D eigenvalue weighted by Crippen LogP contribution is 2.22. The van der Waals surface area contributed by atoms with Gasteiger partial charge in [-0.3, -0.25) is 0 Å². The molecule has 0 atom stereocenters. The van der Waals surface area contributed by atoms with E-state index in [4.69, 9.17) is 4.74 Å². The highest BCUT2D eigenvalue weighted by atomic mass is 16.5. The molecule has 0 amide bonds. The number of ketones is 1. The van der Waals surface area contributed by atoms with Gasteiger partial charge in [-0.15, -0.1) is 0 Å². The maximum atomic E-state index is 10.8. The topological polar surface area (TPSA) is 26.3 Å². The first-order valence-corrected chi connectivity index (χ1v) is 6.94. The molecular formula is C18H20O2. The van der Waals surface area contributed by atoms with Gasteiger partial charge in [0, 0.05) is 6.42 Å². The Morgan fingerprint density at radius 3 is 2.05 bits per heavy atom. The molecule has 2 aromatic rings. The Labute approximate surface area is 120 Å². The van der Waals surface area contributed by atoms with Crippen molar-refractivity contribution in [3.8, 4) is 16.9 Å². The molecule has 2 heteroatoms. The van der Waals surface area contributed by atoms with E-state index >= 15 is 0 Å². The molecule has 0 unspecified atom stereocenters. The second kappa shape index (κ2) is 6.90. The van der Waals surface area contributed by atoms with Gasteiger partial charge in [0.1, 0.15) is 11.5 Å². The fourth-order valence-electron chi connectivity index (χ4n) is 2.00. The van der Waals surface area contributed by atoms with Crippen LogP contribution in [0.4, 0.5) is 0 Å². The monoisotopic (exact) mass is 268 g/mol. The summed E-state index contributed by atoms with van der Waals surface area (Å²) in [5.74, 6) is 1.06. The number of Topliss-reactive ketones (excluding diaryl/α,β-unsaturated/α-hetero) is 1. The van der Waals surface area contributed by atoms with E-state index < -0.39 is 0 Å². The summed E-state index contributed by atoms with van der Waals surface area (Å²) in [5, 5.41) is 0. The van der Waals surface area contributed by atoms with E-state index in [9.17, 15) is 4.79 Å². The highest BCUT2D eigenvalue weighted by molar-refractivity contribution is 5.75. The molecule has 0 saturated carbocycles. The Hall–Kier alpha value is -2.09. The maximum absolute atomic E-state index is 10.8. The van der Waals surface area contributed by atoms with Crippen LogP contribution in [0.5, 0.6) is 5.75 Å². The Balaban J connectivity index is 1.92. The van der Waals surface area contributed by atoms with Gasteiger partial charge in [0.15, 0.2) is 0 Å². The van der Waals surface area contributed by atoms with Crippen LogP contribution in [0, 0.1) is 6.92 Å². The molecule has 0 N–H and O–H groups in total. The van der Waals surface area contributed by atoms with Crippen molar-refractivity contribution in [1.29, 1.82) is 0 Å². The van der Waals surface area contributed by atoms with Crippen molar-refractivity contribution in [2.24, 2.45) is 0 Å². The number of benzene rings is 2. The first kappa shape index (κ1) is 14.3. The molecule has 2 nitrogen and oxygen atoms in total. The molecule has 0 saturated heterocycles. The van der Waals surface area contributed by atoms with E-state index in [0.717, 1.165) is 12.2 Å². The van der Waals surface area contributed by atoms with Crippen molar-refractivity contribution >= 4 is 5.78 Å². The van der Waals surface area contributed by atoms with Crippen molar-refractivity contribution in [1.82, 2.24) is 0 Å². The van der Waals surface area contributed by atoms with Gasteiger partial charge in [0.2, 0.25) is 0 Å². The SMILES string of the molecule is CC(=O)CCCOc1ccc(-c2ccc(C)cc2)cc1. The highest BCUT2D eigenvalue weighted by Gasteiger charge is 1.99. The third-order valence-corrected chi connectivity index (χ3v) is 3.18. The molecule has 0 bridgehead atoms. The number of aryl methyl sites for hydroxylation is 1. The maximum Gasteiger partial charge on any atom is 0.129 e. The minimum absolute atomic E-state index is 0.211. The summed E-state index contributed by atoms with van der Waals surface area (Å²) < 4.78 is 5.61. The predicted molar refractivity (Wildman–Crippen MR) is 82.0 cm³/mol. The molecule has 20 heavy (non-hydrogen) atoms. The molecule has 2 rings (SSSR count). The van der Waals surface area contributed by atoms with Crippen LogP contribution in [0.1, 0.15) is 25.3 Å². The van der Waals surface area contributed by atoms with E-state index in [1.807, 2.05) is 12.1 Å². The number of hydrogen-bond donors (Lipinski definition) is 0. The summed E-state index contributed by atoms with van der Waals surface area (Å²) in [6, 6.07) is 16.5. The van der Waals surface area contributed by atoms with E-state index in [-0.39, 0.29) is 5.78 Å². The quantitative estimate of drug-likeness (QED) is 0.725. The first-order valence-electron chi connectivity index (χ1n) is 6.94. The Morgan fingerprint density at radius 2 is 1.50 bits per heavy atom. The lowest BCUT2D eigenvalue weighted by molar-refractivity contribution is -0.117. The molecule has 0 fully saturated rings. The minimum atomic E-state index is 0.211. The van der Waals surface area contributed by atoms with Gasteiger partial charge in [-0.2, -0.15) is 0 Å². The molecule has 0 aliphatic rings. The lowest BCUT2D eigenvalue weighted by Crippen LogP contribution is -2.00. The first-order chi connectivity index (χ1) is 9.65. The van der Waals surface area contributed by atoms with Gasteiger partial charge >= 0.3 is 0 Å². The van der Waals surface area contributed by atoms with E-state index in [1.165, 1.54) is 16.7 Å². The van der Waals surface area contributed by atoms with Crippen molar-refractivity contribution in [3.05, 3.63) is 54.1 Å². The predicted octanol–water partition coefficient (Wildman–Crippen LogP) is 4.41. The second-order valence-corrected chi connectivity index (χ2v) is 5.04. The summed E-state index contributed by atoms with van der Waals surface area (Å²) >= 11 is 0. The largest absolute Gasteiger partial charge is 0.494 e. The molecule has 2 aromatic carbocycles. The average Bonchev–Trinajstić information content (AvgIpc) is 2.45. The minimum Gasteiger partial charge on any atom is -0.494 e. The average molecular weight is 268 g/mol. The van der Waals surface area contributed by atoms with Gasteiger partial charge in [0.25, 0.3) is 0 Å². The summed E-state index contributed by atoms with van der Waals surface area (Å²) in [4.78, 5) is 10.8. The molecule has 0 heterocycles. The summed E-state index contributed by atoms with van der Waals surface area (Å²) in [7, 11) is 0. The number of carbonyl (C=O) groups excluding carboxylic acids is 1. The zero-order valence-corrected chi connectivity index (χ0v) is 12.1. The third kappa shape index (κ3) is 4.23. The van der Waals surface area contributed by atoms with Gasteiger partial charge < -0.3 is 9.53 Å². The van der Waals surface area contributed by atoms with Crippen LogP contribution >= 0.6 is 0 Å². The molecular weight excluding hydrogens is 248 g/mol. The second-order valence-electron chi connectivity index (χ2n) is 5.04. The lowest BCUT2D eigenvalue weighted by Gasteiger charge is -2.07. The smallest absolute Gasteiger partial charge is 0.129 e. The van der Waals surface area contributed by atoms with Crippen LogP contribution in [0.3, 0.4) is 0 Å². The lowest BCUT2D eigenvalue weighted by atomic mass is 10.0. The standard InChI is InChI=1S/C18H20O2/c1-14-5-7-16(8-6-14)17-9-11-18(12-10-17)20-13-3-4-15(2)19/h5-12H,3-4,13H2,1-2H3. The molecule has 0 aromatic heterocycles. The number of hydrogen-bond acceptors (Lipinski definition) is 2. The Morgan fingerprint density at radius 1 is 0.950 bits per heavy atom. The van der Waals surface area contributed by atoms with Crippen LogP contribution in [0.2, 0.25) is 0 Å². The molecule has 0 radical (unpaired) electrons. The summed E-state index contributed by atoms with van der Waals surface area (Å²) in [6.07, 6.45) is 1.36. The zero-order valence-electron chi connectivity index (χ0n) is 12.1. The van der Waals surface area contributed by atoms with Crippen LogP contribution < -0.4 is 4.74 Å². The van der Waals surface area contributed by atoms with Gasteiger partial charge in [-0.1, -0.05) is 42.0 Å². The van der Waals surface area contributed by atoms with E-state index in [2.05, 4.69) is 43.3 Å². The van der Waals surface area contributed by atoms with Crippen molar-refractivity contribution < 1.29 is 9.53 Å². The fourth-order valence-corrected chi connectivity index (χ4v) is 2.00. The number of ether oxygens (including phenoxy) is 1. The normalized spacial score (nSPS) is 10.3. The summed E-state index contributed by atoms with van der Waals surface area (Å²) in [5.41, 5.74) is 3.65. The Kier molecular flexibility index (Phi) is 4.94. The van der Waals surface area contributed by atoms with Crippen molar-refractivity contribution in [3.63, 3.8) is 0 Å². The Bertz CT molecular complexity index is 553. The fraction of sp³-hybridized carbons (Fsp3) is 0.278. The number of carbonyl (C=O) groups is 1. The third-order valence-electron chi connectivity index (χ3n) is 3.18. The molecule has 0 spiro atoms. The van der Waals surface area contributed by atoms with Gasteiger partial charge in [0.05, 0.1) is 6.61 Å². The van der Waals surface area contributed by atoms with Crippen LogP contribution in [-0.4, -0.2) is 12.4 Å². The molecule has 104 valence electrons. The zero-order chi connectivity index (χ0) is 14.4. The van der Waals surface area contributed by atoms with Crippen molar-refractivity contribution in [2.75, 3.05) is 6.61 Å². The van der Waals surface area contributed by atoms with Crippen LogP contribution in [0.15, 0.2) is 48.5 Å². The number of rotatable bonds is 6. The van der Waals surface area contributed by atoms with Crippen molar-refractivity contribution in [2.45, 2.75) is 26.7 Å². The summed E-state index contributed by atoms with van der Waals surface area (Å²) in [6.45, 7) is 4.28. The van der Waals surface area contributed by atoms with Crippen LogP contribution in [0.25, 0.3) is 11.1 Å². The molecule has 0 aliphatic carbocycles. The van der Waals surface area contributed by atoms with E-state index in [1.54, 1.807) is 6.92 Å². The molecule has 0 aliphatic heterocycles. The van der Waals surface area contributed by atoms with Crippen LogP contribution in [-0.2, 0) is 4.79 Å².